The van der Waals surface area contributed by atoms with Gasteiger partial charge in [0.1, 0.15) is 5.75 Å². The summed E-state index contributed by atoms with van der Waals surface area (Å²) in [4.78, 5) is 11.8. The summed E-state index contributed by atoms with van der Waals surface area (Å²) in [7, 11) is 1.58. The SMILES string of the molecule is COc1ccccc1NC(=O)CNCC1CCCO1. The average molecular weight is 264 g/mol. The lowest BCUT2D eigenvalue weighted by Gasteiger charge is -2.12. The molecule has 0 radical (unpaired) electrons. The molecule has 1 aliphatic heterocycles. The zero-order chi connectivity index (χ0) is 13.5. The van der Waals surface area contributed by atoms with Crippen LogP contribution in [-0.2, 0) is 9.53 Å². The maximum Gasteiger partial charge on any atom is 0.238 e. The Balaban J connectivity index is 1.74. The summed E-state index contributed by atoms with van der Waals surface area (Å²) >= 11 is 0. The number of amides is 1. The number of nitrogens with one attached hydrogen (secondary N) is 2. The molecule has 1 amide bonds. The number of anilines is 1. The quantitative estimate of drug-likeness (QED) is 0.815. The highest BCUT2D eigenvalue weighted by Crippen LogP contribution is 2.22. The predicted molar refractivity (Wildman–Crippen MR) is 73.5 cm³/mol. The third kappa shape index (κ3) is 4.22. The number of hydrogen-bond donors (Lipinski definition) is 2. The zero-order valence-corrected chi connectivity index (χ0v) is 11.1. The van der Waals surface area contributed by atoms with Gasteiger partial charge in [-0.25, -0.2) is 0 Å². The summed E-state index contributed by atoms with van der Waals surface area (Å²) in [6.07, 6.45) is 2.43. The van der Waals surface area contributed by atoms with Crippen molar-refractivity contribution in [3.8, 4) is 5.75 Å². The van der Waals surface area contributed by atoms with Gasteiger partial charge in [-0.3, -0.25) is 4.79 Å². The lowest BCUT2D eigenvalue weighted by atomic mass is 10.2. The second kappa shape index (κ2) is 7.11. The van der Waals surface area contributed by atoms with Crippen LogP contribution in [0.15, 0.2) is 24.3 Å². The highest BCUT2D eigenvalue weighted by molar-refractivity contribution is 5.93. The molecule has 1 aliphatic rings. The van der Waals surface area contributed by atoms with Gasteiger partial charge in [0.2, 0.25) is 5.91 Å². The minimum atomic E-state index is -0.0810. The van der Waals surface area contributed by atoms with Crippen LogP contribution >= 0.6 is 0 Å². The van der Waals surface area contributed by atoms with Crippen molar-refractivity contribution in [1.29, 1.82) is 0 Å². The van der Waals surface area contributed by atoms with Gasteiger partial charge in [-0.2, -0.15) is 0 Å². The van der Waals surface area contributed by atoms with Crippen LogP contribution in [0.25, 0.3) is 0 Å². The molecule has 19 heavy (non-hydrogen) atoms. The van der Waals surface area contributed by atoms with Gasteiger partial charge in [-0.05, 0) is 25.0 Å². The minimum absolute atomic E-state index is 0.0810. The van der Waals surface area contributed by atoms with Gasteiger partial charge in [-0.15, -0.1) is 0 Å². The van der Waals surface area contributed by atoms with Crippen molar-refractivity contribution >= 4 is 11.6 Å². The number of carbonyl (C=O) groups is 1. The third-order valence-corrected chi connectivity index (χ3v) is 3.06. The van der Waals surface area contributed by atoms with Gasteiger partial charge in [0, 0.05) is 13.2 Å². The number of methoxy groups -OCH3 is 1. The van der Waals surface area contributed by atoms with Crippen molar-refractivity contribution in [3.05, 3.63) is 24.3 Å². The van der Waals surface area contributed by atoms with Crippen LogP contribution in [0, 0.1) is 0 Å². The number of carbonyl (C=O) groups excluding carboxylic acids is 1. The number of para-hydroxylation sites is 2. The van der Waals surface area contributed by atoms with E-state index in [-0.39, 0.29) is 18.6 Å². The van der Waals surface area contributed by atoms with Gasteiger partial charge < -0.3 is 20.1 Å². The van der Waals surface area contributed by atoms with Crippen LogP contribution in [0.3, 0.4) is 0 Å². The van der Waals surface area contributed by atoms with Crippen molar-refractivity contribution < 1.29 is 14.3 Å². The molecule has 1 saturated heterocycles. The van der Waals surface area contributed by atoms with Gasteiger partial charge in [-0.1, -0.05) is 12.1 Å². The molecule has 1 atom stereocenters. The Morgan fingerprint density at radius 3 is 3.05 bits per heavy atom. The normalized spacial score (nSPS) is 18.3. The fraction of sp³-hybridized carbons (Fsp3) is 0.500. The summed E-state index contributed by atoms with van der Waals surface area (Å²) in [5, 5.41) is 5.93. The molecule has 5 nitrogen and oxygen atoms in total. The van der Waals surface area contributed by atoms with Crippen LogP contribution in [0.2, 0.25) is 0 Å². The first-order valence-corrected chi connectivity index (χ1v) is 6.55. The maximum absolute atomic E-state index is 11.8. The predicted octanol–water partition coefficient (Wildman–Crippen LogP) is 1.40. The van der Waals surface area contributed by atoms with E-state index in [1.54, 1.807) is 7.11 Å². The van der Waals surface area contributed by atoms with Crippen LogP contribution in [-0.4, -0.2) is 38.8 Å². The molecule has 1 aromatic rings. The fourth-order valence-electron chi connectivity index (χ4n) is 2.09. The Labute approximate surface area is 113 Å². The molecule has 1 unspecified atom stereocenters. The van der Waals surface area contributed by atoms with E-state index >= 15 is 0 Å². The molecule has 1 aromatic carbocycles. The van der Waals surface area contributed by atoms with E-state index in [1.165, 1.54) is 0 Å². The van der Waals surface area contributed by atoms with Crippen molar-refractivity contribution in [1.82, 2.24) is 5.32 Å². The fourth-order valence-corrected chi connectivity index (χ4v) is 2.09. The third-order valence-electron chi connectivity index (χ3n) is 3.06. The summed E-state index contributed by atoms with van der Waals surface area (Å²) in [6, 6.07) is 7.36. The molecule has 2 N–H and O–H groups in total. The molecule has 1 heterocycles. The zero-order valence-electron chi connectivity index (χ0n) is 11.1. The van der Waals surface area contributed by atoms with Gasteiger partial charge in [0.25, 0.3) is 0 Å². The lowest BCUT2D eigenvalue weighted by molar-refractivity contribution is -0.115. The van der Waals surface area contributed by atoms with E-state index < -0.39 is 0 Å². The Morgan fingerprint density at radius 2 is 2.32 bits per heavy atom. The van der Waals surface area contributed by atoms with E-state index in [0.717, 1.165) is 26.0 Å². The van der Waals surface area contributed by atoms with Crippen LogP contribution in [0.1, 0.15) is 12.8 Å². The number of benzene rings is 1. The molecule has 0 aromatic heterocycles. The van der Waals surface area contributed by atoms with Gasteiger partial charge in [0.05, 0.1) is 25.4 Å². The molecule has 0 aliphatic carbocycles. The minimum Gasteiger partial charge on any atom is -0.495 e. The summed E-state index contributed by atoms with van der Waals surface area (Å²) in [5.41, 5.74) is 0.689. The van der Waals surface area contributed by atoms with Crippen molar-refractivity contribution in [2.45, 2.75) is 18.9 Å². The highest BCUT2D eigenvalue weighted by Gasteiger charge is 2.15. The van der Waals surface area contributed by atoms with Gasteiger partial charge in [0.15, 0.2) is 0 Å². The molecular weight excluding hydrogens is 244 g/mol. The Bertz CT molecular complexity index is 417. The first-order valence-electron chi connectivity index (χ1n) is 6.55. The van der Waals surface area contributed by atoms with E-state index in [4.69, 9.17) is 9.47 Å². The first kappa shape index (κ1) is 13.8. The second-order valence-electron chi connectivity index (χ2n) is 4.51. The summed E-state index contributed by atoms with van der Waals surface area (Å²) in [6.45, 7) is 1.83. The number of rotatable bonds is 6. The summed E-state index contributed by atoms with van der Waals surface area (Å²) < 4.78 is 10.7. The van der Waals surface area contributed by atoms with Crippen LogP contribution in [0.5, 0.6) is 5.75 Å². The van der Waals surface area contributed by atoms with Crippen molar-refractivity contribution in [2.75, 3.05) is 32.1 Å². The molecule has 0 spiro atoms. The largest absolute Gasteiger partial charge is 0.495 e. The Hall–Kier alpha value is -1.59. The van der Waals surface area contributed by atoms with Crippen molar-refractivity contribution in [3.63, 3.8) is 0 Å². The molecular formula is C14H20N2O3. The Kier molecular flexibility index (Phi) is 5.18. The molecule has 5 heteroatoms. The smallest absolute Gasteiger partial charge is 0.238 e. The molecule has 0 saturated carbocycles. The second-order valence-corrected chi connectivity index (χ2v) is 4.51. The maximum atomic E-state index is 11.8. The molecule has 104 valence electrons. The molecule has 1 fully saturated rings. The van der Waals surface area contributed by atoms with E-state index in [0.29, 0.717) is 11.4 Å². The monoisotopic (exact) mass is 264 g/mol. The van der Waals surface area contributed by atoms with E-state index in [9.17, 15) is 4.79 Å². The van der Waals surface area contributed by atoms with Crippen LogP contribution < -0.4 is 15.4 Å². The molecule has 2 rings (SSSR count). The van der Waals surface area contributed by atoms with E-state index in [2.05, 4.69) is 10.6 Å². The van der Waals surface area contributed by atoms with Gasteiger partial charge >= 0.3 is 0 Å². The molecule has 0 bridgehead atoms. The van der Waals surface area contributed by atoms with E-state index in [1.807, 2.05) is 24.3 Å². The summed E-state index contributed by atoms with van der Waals surface area (Å²) in [5.74, 6) is 0.581. The number of hydrogen-bond acceptors (Lipinski definition) is 4. The average Bonchev–Trinajstić information content (AvgIpc) is 2.92. The highest BCUT2D eigenvalue weighted by atomic mass is 16.5. The first-order chi connectivity index (χ1) is 9.29. The van der Waals surface area contributed by atoms with Crippen molar-refractivity contribution in [2.24, 2.45) is 0 Å². The Morgan fingerprint density at radius 1 is 1.47 bits per heavy atom. The standard InChI is InChI=1S/C14H20N2O3/c1-18-13-7-3-2-6-12(13)16-14(17)10-15-9-11-5-4-8-19-11/h2-3,6-7,11,15H,4-5,8-10H2,1H3,(H,16,17). The lowest BCUT2D eigenvalue weighted by Crippen LogP contribution is -2.33. The van der Waals surface area contributed by atoms with Crippen LogP contribution in [0.4, 0.5) is 5.69 Å². The number of ether oxygens (including phenoxy) is 2. The topological polar surface area (TPSA) is 59.6 Å².